The van der Waals surface area contributed by atoms with Crippen molar-refractivity contribution in [2.75, 3.05) is 0 Å². The van der Waals surface area contributed by atoms with Gasteiger partial charge in [0.15, 0.2) is 0 Å². The van der Waals surface area contributed by atoms with Crippen LogP contribution in [-0.4, -0.2) is 13.7 Å². The lowest BCUT2D eigenvalue weighted by atomic mass is 10.0. The van der Waals surface area contributed by atoms with Gasteiger partial charge < -0.3 is 13.7 Å². The highest BCUT2D eigenvalue weighted by molar-refractivity contribution is 6.18. The third kappa shape index (κ3) is 4.61. The van der Waals surface area contributed by atoms with Crippen LogP contribution >= 0.6 is 0 Å². The van der Waals surface area contributed by atoms with E-state index in [9.17, 15) is 0 Å². The molecule has 0 unspecified atom stereocenters. The highest BCUT2D eigenvalue weighted by atomic mass is 15.0. The fourth-order valence-electron chi connectivity index (χ4n) is 8.45. The van der Waals surface area contributed by atoms with Crippen molar-refractivity contribution in [2.24, 2.45) is 0 Å². The van der Waals surface area contributed by atoms with Gasteiger partial charge in [-0.25, -0.2) is 0 Å². The van der Waals surface area contributed by atoms with Crippen molar-refractivity contribution in [1.29, 1.82) is 0 Å². The fraction of sp³-hybridized carbons (Fsp3) is 0. The highest BCUT2D eigenvalue weighted by Crippen LogP contribution is 2.40. The van der Waals surface area contributed by atoms with Crippen molar-refractivity contribution in [2.45, 2.75) is 0 Å². The SMILES string of the molecule is c1ccc(-c2ccc3c(c2)c2cc(-c4ccccc4)ccc2n3-c2cccc(-n3c4ccccc4c4ccc5c(ccn5-c5ccccc5)c43)c2)cc1. The first-order valence-electron chi connectivity index (χ1n) is 18.2. The van der Waals surface area contributed by atoms with E-state index in [-0.39, 0.29) is 0 Å². The standard InChI is InChI=1S/C50H33N3/c1-4-13-34(14-5-1)36-23-26-48-44(31-36)45-32-37(35-15-6-2-7-16-35)24-27-49(45)52(48)39-19-12-20-40(33-39)53-47-22-11-10-21-41(47)42-25-28-46-43(50(42)53)29-30-51(46)38-17-8-3-9-18-38/h1-33H. The molecule has 0 aliphatic rings. The lowest BCUT2D eigenvalue weighted by Gasteiger charge is -2.14. The summed E-state index contributed by atoms with van der Waals surface area (Å²) in [5.41, 5.74) is 14.3. The van der Waals surface area contributed by atoms with E-state index in [1.807, 2.05) is 0 Å². The second kappa shape index (κ2) is 11.7. The second-order valence-electron chi connectivity index (χ2n) is 13.8. The lowest BCUT2D eigenvalue weighted by molar-refractivity contribution is 1.13. The third-order valence-corrected chi connectivity index (χ3v) is 10.9. The van der Waals surface area contributed by atoms with Crippen LogP contribution in [0.3, 0.4) is 0 Å². The van der Waals surface area contributed by atoms with Gasteiger partial charge in [-0.1, -0.05) is 121 Å². The number of hydrogen-bond donors (Lipinski definition) is 0. The summed E-state index contributed by atoms with van der Waals surface area (Å²) < 4.78 is 7.19. The van der Waals surface area contributed by atoms with Gasteiger partial charge in [0.25, 0.3) is 0 Å². The summed E-state index contributed by atoms with van der Waals surface area (Å²) in [7, 11) is 0. The van der Waals surface area contributed by atoms with E-state index >= 15 is 0 Å². The van der Waals surface area contributed by atoms with Crippen LogP contribution in [0.2, 0.25) is 0 Å². The number of para-hydroxylation sites is 2. The molecule has 0 bridgehead atoms. The summed E-state index contributed by atoms with van der Waals surface area (Å²) in [6.07, 6.45) is 2.20. The number of rotatable bonds is 5. The third-order valence-electron chi connectivity index (χ3n) is 10.9. The second-order valence-corrected chi connectivity index (χ2v) is 13.8. The molecule has 0 atom stereocenters. The largest absolute Gasteiger partial charge is 0.316 e. The Hall–Kier alpha value is -7.10. The molecule has 11 aromatic rings. The summed E-state index contributed by atoms with van der Waals surface area (Å²) in [6.45, 7) is 0. The first kappa shape index (κ1) is 29.6. The smallest absolute Gasteiger partial charge is 0.0635 e. The van der Waals surface area contributed by atoms with E-state index in [1.165, 1.54) is 76.8 Å². The highest BCUT2D eigenvalue weighted by Gasteiger charge is 2.19. The molecule has 0 spiro atoms. The van der Waals surface area contributed by atoms with Crippen molar-refractivity contribution in [3.8, 4) is 39.3 Å². The van der Waals surface area contributed by atoms with Gasteiger partial charge in [0, 0.05) is 50.2 Å². The van der Waals surface area contributed by atoms with E-state index in [1.54, 1.807) is 0 Å². The molecule has 0 saturated carbocycles. The van der Waals surface area contributed by atoms with Crippen LogP contribution in [0.4, 0.5) is 0 Å². The minimum Gasteiger partial charge on any atom is -0.316 e. The maximum absolute atomic E-state index is 2.46. The van der Waals surface area contributed by atoms with Crippen LogP contribution in [0.5, 0.6) is 0 Å². The number of benzene rings is 8. The predicted octanol–water partition coefficient (Wildman–Crippen LogP) is 13.2. The number of nitrogens with zero attached hydrogens (tertiary/aromatic N) is 3. The zero-order valence-corrected chi connectivity index (χ0v) is 28.9. The van der Waals surface area contributed by atoms with Crippen LogP contribution < -0.4 is 0 Å². The minimum absolute atomic E-state index is 1.13. The number of hydrogen-bond acceptors (Lipinski definition) is 0. The van der Waals surface area contributed by atoms with Gasteiger partial charge in [-0.2, -0.15) is 0 Å². The first-order valence-corrected chi connectivity index (χ1v) is 18.2. The summed E-state index contributed by atoms with van der Waals surface area (Å²) in [6, 6.07) is 70.5. The maximum Gasteiger partial charge on any atom is 0.0635 e. The van der Waals surface area contributed by atoms with Crippen LogP contribution in [-0.2, 0) is 0 Å². The molecule has 0 N–H and O–H groups in total. The van der Waals surface area contributed by atoms with Crippen LogP contribution in [0.15, 0.2) is 200 Å². The molecule has 11 rings (SSSR count). The van der Waals surface area contributed by atoms with Crippen molar-refractivity contribution < 1.29 is 0 Å². The number of aromatic nitrogens is 3. The maximum atomic E-state index is 2.46. The van der Waals surface area contributed by atoms with Crippen molar-refractivity contribution in [3.05, 3.63) is 200 Å². The Balaban J connectivity index is 1.16. The fourth-order valence-corrected chi connectivity index (χ4v) is 8.45. The van der Waals surface area contributed by atoms with Crippen molar-refractivity contribution in [3.63, 3.8) is 0 Å². The predicted molar refractivity (Wildman–Crippen MR) is 223 cm³/mol. The molecule has 0 saturated heterocycles. The Kier molecular flexibility index (Phi) is 6.55. The molecule has 0 aliphatic carbocycles. The summed E-state index contributed by atoms with van der Waals surface area (Å²) in [4.78, 5) is 0. The quantitative estimate of drug-likeness (QED) is 0.172. The average Bonchev–Trinajstić information content (AvgIpc) is 3.92. The molecule has 3 aromatic heterocycles. The van der Waals surface area contributed by atoms with Gasteiger partial charge >= 0.3 is 0 Å². The van der Waals surface area contributed by atoms with Gasteiger partial charge in [0.2, 0.25) is 0 Å². The topological polar surface area (TPSA) is 14.8 Å². The van der Waals surface area contributed by atoms with Gasteiger partial charge in [0.1, 0.15) is 0 Å². The van der Waals surface area contributed by atoms with Crippen LogP contribution in [0, 0.1) is 0 Å². The Morgan fingerprint density at radius 2 is 0.792 bits per heavy atom. The van der Waals surface area contributed by atoms with Gasteiger partial charge in [-0.05, 0) is 95.1 Å². The van der Waals surface area contributed by atoms with Crippen molar-refractivity contribution >= 4 is 54.5 Å². The molecule has 3 heterocycles. The van der Waals surface area contributed by atoms with E-state index < -0.39 is 0 Å². The Labute approximate surface area is 306 Å². The zero-order chi connectivity index (χ0) is 34.9. The molecule has 248 valence electrons. The molecule has 0 aliphatic heterocycles. The number of fused-ring (bicyclic) bond motifs is 8. The Bertz CT molecular complexity index is 3050. The Morgan fingerprint density at radius 3 is 1.45 bits per heavy atom. The van der Waals surface area contributed by atoms with Crippen LogP contribution in [0.25, 0.3) is 93.8 Å². The summed E-state index contributed by atoms with van der Waals surface area (Å²) in [5, 5.41) is 6.21. The van der Waals surface area contributed by atoms with E-state index in [0.29, 0.717) is 0 Å². The van der Waals surface area contributed by atoms with Gasteiger partial charge in [0.05, 0.1) is 27.6 Å². The Morgan fingerprint density at radius 1 is 0.264 bits per heavy atom. The average molecular weight is 676 g/mol. The summed E-state index contributed by atoms with van der Waals surface area (Å²) >= 11 is 0. The summed E-state index contributed by atoms with van der Waals surface area (Å²) in [5.74, 6) is 0. The van der Waals surface area contributed by atoms with E-state index in [2.05, 4.69) is 214 Å². The molecule has 0 radical (unpaired) electrons. The normalized spacial score (nSPS) is 11.8. The van der Waals surface area contributed by atoms with E-state index in [4.69, 9.17) is 0 Å². The van der Waals surface area contributed by atoms with Crippen LogP contribution in [0.1, 0.15) is 0 Å². The molecular weight excluding hydrogens is 643 g/mol. The molecular formula is C50H33N3. The molecule has 3 heteroatoms. The van der Waals surface area contributed by atoms with Gasteiger partial charge in [-0.3, -0.25) is 0 Å². The molecule has 3 nitrogen and oxygen atoms in total. The molecule has 53 heavy (non-hydrogen) atoms. The lowest BCUT2D eigenvalue weighted by Crippen LogP contribution is -1.99. The minimum atomic E-state index is 1.13. The molecule has 8 aromatic carbocycles. The zero-order valence-electron chi connectivity index (χ0n) is 28.9. The van der Waals surface area contributed by atoms with Gasteiger partial charge in [-0.15, -0.1) is 0 Å². The first-order chi connectivity index (χ1) is 26.3. The molecule has 0 amide bonds. The monoisotopic (exact) mass is 675 g/mol. The molecule has 0 fully saturated rings. The van der Waals surface area contributed by atoms with Crippen molar-refractivity contribution in [1.82, 2.24) is 13.7 Å². The van der Waals surface area contributed by atoms with E-state index in [0.717, 1.165) is 17.1 Å².